The molecule has 1 aromatic rings. The Kier molecular flexibility index (Phi) is 2.70. The molecule has 2 bridgehead atoms. The number of aromatic hydroxyl groups is 1. The van der Waals surface area contributed by atoms with Crippen LogP contribution < -0.4 is 0 Å². The lowest BCUT2D eigenvalue weighted by Gasteiger charge is -2.60. The van der Waals surface area contributed by atoms with Crippen LogP contribution in [0.2, 0.25) is 0 Å². The van der Waals surface area contributed by atoms with Crippen LogP contribution in [0, 0.1) is 0 Å². The van der Waals surface area contributed by atoms with Gasteiger partial charge in [0.1, 0.15) is 5.75 Å². The van der Waals surface area contributed by atoms with E-state index in [0.29, 0.717) is 5.75 Å². The highest BCUT2D eigenvalue weighted by Gasteiger charge is 2.58. The maximum absolute atomic E-state index is 11.2. The number of aliphatic hydroxyl groups is 1. The first-order valence-electron chi connectivity index (χ1n) is 7.17. The van der Waals surface area contributed by atoms with Crippen LogP contribution in [-0.2, 0) is 11.8 Å². The second kappa shape index (κ2) is 3.97. The number of phenols is 1. The summed E-state index contributed by atoms with van der Waals surface area (Å²) in [4.78, 5) is 2.28. The summed E-state index contributed by atoms with van der Waals surface area (Å²) in [6.45, 7) is 5.13. The summed E-state index contributed by atoms with van der Waals surface area (Å²) in [5, 5.41) is 21.0. The lowest BCUT2D eigenvalue weighted by molar-refractivity contribution is -0.129. The summed E-state index contributed by atoms with van der Waals surface area (Å²) >= 11 is 0. The van der Waals surface area contributed by atoms with Gasteiger partial charge < -0.3 is 15.1 Å². The summed E-state index contributed by atoms with van der Waals surface area (Å²) in [5.41, 5.74) is 1.47. The van der Waals surface area contributed by atoms with E-state index in [1.807, 2.05) is 19.1 Å². The van der Waals surface area contributed by atoms with Gasteiger partial charge in [0.05, 0.1) is 5.60 Å². The molecule has 1 fully saturated rings. The van der Waals surface area contributed by atoms with Gasteiger partial charge in [-0.25, -0.2) is 0 Å². The molecule has 0 spiro atoms. The number of hydrogen-bond acceptors (Lipinski definition) is 3. The fourth-order valence-corrected chi connectivity index (χ4v) is 4.41. The third-order valence-corrected chi connectivity index (χ3v) is 5.67. The Bertz CT molecular complexity index is 511. The van der Waals surface area contributed by atoms with Crippen molar-refractivity contribution in [1.82, 2.24) is 4.90 Å². The van der Waals surface area contributed by atoms with Crippen molar-refractivity contribution in [2.75, 3.05) is 13.6 Å². The standard InChI is InChI=1S/C16H23NO2/c1-4-16-7-8-17(3)14(15(16,2)19)9-11-5-6-12(18)10-13(11)16/h5-6,10,14,18-19H,4,7-9H2,1-3H3/t14?,15-,16-/m1/s1. The van der Waals surface area contributed by atoms with Crippen molar-refractivity contribution in [2.45, 2.75) is 50.2 Å². The average Bonchev–Trinajstić information content (AvgIpc) is 2.35. The molecule has 3 heteroatoms. The molecular formula is C16H23NO2. The van der Waals surface area contributed by atoms with Gasteiger partial charge in [0, 0.05) is 11.5 Å². The van der Waals surface area contributed by atoms with Gasteiger partial charge >= 0.3 is 0 Å². The predicted molar refractivity (Wildman–Crippen MR) is 75.4 cm³/mol. The third kappa shape index (κ3) is 1.52. The van der Waals surface area contributed by atoms with Crippen LogP contribution in [0.15, 0.2) is 18.2 Å². The highest BCUT2D eigenvalue weighted by Crippen LogP contribution is 2.53. The van der Waals surface area contributed by atoms with Gasteiger partial charge in [-0.1, -0.05) is 13.0 Å². The topological polar surface area (TPSA) is 43.7 Å². The van der Waals surface area contributed by atoms with Crippen LogP contribution in [0.3, 0.4) is 0 Å². The molecule has 3 rings (SSSR count). The molecule has 1 heterocycles. The molecular weight excluding hydrogens is 238 g/mol. The van der Waals surface area contributed by atoms with Gasteiger partial charge in [-0.05, 0) is 63.0 Å². The number of hydrogen-bond donors (Lipinski definition) is 2. The first-order valence-corrected chi connectivity index (χ1v) is 7.17. The second-order valence-corrected chi connectivity index (χ2v) is 6.38. The number of fused-ring (bicyclic) bond motifs is 4. The number of rotatable bonds is 1. The lowest BCUT2D eigenvalue weighted by Crippen LogP contribution is -2.69. The van der Waals surface area contributed by atoms with E-state index >= 15 is 0 Å². The van der Waals surface area contributed by atoms with Gasteiger partial charge in [-0.3, -0.25) is 0 Å². The van der Waals surface area contributed by atoms with Crippen LogP contribution in [0.4, 0.5) is 0 Å². The van der Waals surface area contributed by atoms with E-state index < -0.39 is 5.60 Å². The number of piperidine rings is 1. The smallest absolute Gasteiger partial charge is 0.115 e. The van der Waals surface area contributed by atoms with Crippen molar-refractivity contribution >= 4 is 0 Å². The molecule has 0 amide bonds. The quantitative estimate of drug-likeness (QED) is 0.813. The number of nitrogens with zero attached hydrogens (tertiary/aromatic N) is 1. The molecule has 1 aromatic carbocycles. The van der Waals surface area contributed by atoms with Gasteiger partial charge in [0.25, 0.3) is 0 Å². The van der Waals surface area contributed by atoms with Crippen molar-refractivity contribution in [3.63, 3.8) is 0 Å². The van der Waals surface area contributed by atoms with Gasteiger partial charge in [0.15, 0.2) is 0 Å². The first-order chi connectivity index (χ1) is 8.92. The van der Waals surface area contributed by atoms with E-state index in [4.69, 9.17) is 0 Å². The molecule has 2 N–H and O–H groups in total. The van der Waals surface area contributed by atoms with E-state index in [2.05, 4.69) is 18.9 Å². The van der Waals surface area contributed by atoms with E-state index in [1.165, 1.54) is 5.56 Å². The Labute approximate surface area is 114 Å². The maximum atomic E-state index is 11.2. The van der Waals surface area contributed by atoms with Gasteiger partial charge in [-0.2, -0.15) is 0 Å². The zero-order valence-electron chi connectivity index (χ0n) is 12.0. The summed E-state index contributed by atoms with van der Waals surface area (Å²) < 4.78 is 0. The van der Waals surface area contributed by atoms with Crippen molar-refractivity contribution in [1.29, 1.82) is 0 Å². The molecule has 19 heavy (non-hydrogen) atoms. The molecule has 104 valence electrons. The largest absolute Gasteiger partial charge is 0.508 e. The number of likely N-dealkylation sites (tertiary alicyclic amines) is 1. The molecule has 1 aliphatic carbocycles. The molecule has 0 saturated carbocycles. The minimum Gasteiger partial charge on any atom is -0.508 e. The van der Waals surface area contributed by atoms with Crippen LogP contribution in [0.5, 0.6) is 5.75 Å². The van der Waals surface area contributed by atoms with Crippen LogP contribution >= 0.6 is 0 Å². The molecule has 3 atom stereocenters. The number of benzene rings is 1. The average molecular weight is 261 g/mol. The Morgan fingerprint density at radius 1 is 1.42 bits per heavy atom. The fraction of sp³-hybridized carbons (Fsp3) is 0.625. The zero-order chi connectivity index (χ0) is 13.8. The first kappa shape index (κ1) is 12.9. The molecule has 2 aliphatic rings. The minimum absolute atomic E-state index is 0.165. The van der Waals surface area contributed by atoms with Crippen molar-refractivity contribution in [2.24, 2.45) is 0 Å². The van der Waals surface area contributed by atoms with E-state index in [0.717, 1.165) is 31.4 Å². The van der Waals surface area contributed by atoms with Gasteiger partial charge in [-0.15, -0.1) is 0 Å². The van der Waals surface area contributed by atoms with Crippen LogP contribution in [-0.4, -0.2) is 40.3 Å². The monoisotopic (exact) mass is 261 g/mol. The van der Waals surface area contributed by atoms with Crippen molar-refractivity contribution < 1.29 is 10.2 Å². The number of likely N-dealkylation sites (N-methyl/N-ethyl adjacent to an activating group) is 1. The molecule has 1 aliphatic heterocycles. The normalized spacial score (nSPS) is 38.0. The Hall–Kier alpha value is -1.06. The zero-order valence-corrected chi connectivity index (χ0v) is 12.0. The van der Waals surface area contributed by atoms with Crippen LogP contribution in [0.1, 0.15) is 37.8 Å². The summed E-state index contributed by atoms with van der Waals surface area (Å²) in [6.07, 6.45) is 2.71. The maximum Gasteiger partial charge on any atom is 0.115 e. The summed E-state index contributed by atoms with van der Waals surface area (Å²) in [5.74, 6) is 0.305. The summed E-state index contributed by atoms with van der Waals surface area (Å²) in [6, 6.07) is 5.82. The lowest BCUT2D eigenvalue weighted by atomic mass is 9.54. The van der Waals surface area contributed by atoms with Crippen molar-refractivity contribution in [3.8, 4) is 5.75 Å². The summed E-state index contributed by atoms with van der Waals surface area (Å²) in [7, 11) is 2.10. The second-order valence-electron chi connectivity index (χ2n) is 6.38. The van der Waals surface area contributed by atoms with E-state index in [-0.39, 0.29) is 11.5 Å². The Balaban J connectivity index is 2.25. The molecule has 1 unspecified atom stereocenters. The van der Waals surface area contributed by atoms with Crippen LogP contribution in [0.25, 0.3) is 0 Å². The molecule has 3 nitrogen and oxygen atoms in total. The molecule has 0 radical (unpaired) electrons. The minimum atomic E-state index is -0.741. The van der Waals surface area contributed by atoms with E-state index in [9.17, 15) is 10.2 Å². The Morgan fingerprint density at radius 2 is 2.16 bits per heavy atom. The molecule has 0 aromatic heterocycles. The van der Waals surface area contributed by atoms with E-state index in [1.54, 1.807) is 6.07 Å². The van der Waals surface area contributed by atoms with Crippen molar-refractivity contribution in [3.05, 3.63) is 29.3 Å². The molecule has 1 saturated heterocycles. The predicted octanol–water partition coefficient (Wildman–Crippen LogP) is 2.05. The number of phenolic OH excluding ortho intramolecular Hbond substituents is 1. The highest BCUT2D eigenvalue weighted by molar-refractivity contribution is 5.47. The highest BCUT2D eigenvalue weighted by atomic mass is 16.3. The Morgan fingerprint density at radius 3 is 2.84 bits per heavy atom. The van der Waals surface area contributed by atoms with Gasteiger partial charge in [0.2, 0.25) is 0 Å². The third-order valence-electron chi connectivity index (χ3n) is 5.67. The fourth-order valence-electron chi connectivity index (χ4n) is 4.41. The SMILES string of the molecule is CC[C@@]12CCN(C)C(Cc3ccc(O)cc31)[C@@]2(C)O.